The first kappa shape index (κ1) is 21.8. The summed E-state index contributed by atoms with van der Waals surface area (Å²) in [5, 5.41) is 0. The fourth-order valence-corrected chi connectivity index (χ4v) is 2.87. The molecule has 0 aliphatic carbocycles. The van der Waals surface area contributed by atoms with Crippen LogP contribution in [-0.4, -0.2) is 23.8 Å². The van der Waals surface area contributed by atoms with Crippen molar-refractivity contribution in [1.29, 1.82) is 0 Å². The number of hydrogen-bond acceptors (Lipinski definition) is 6. The number of carbonyl (C=O) groups is 2. The molecule has 0 spiro atoms. The molecule has 0 atom stereocenters. The quantitative estimate of drug-likeness (QED) is 0.291. The van der Waals surface area contributed by atoms with E-state index >= 15 is 0 Å². The predicted molar refractivity (Wildman–Crippen MR) is 117 cm³/mol. The molecule has 0 radical (unpaired) electrons. The fraction of sp³-hybridized carbons (Fsp3) is 0.160. The number of ether oxygens (including phenoxy) is 3. The molecule has 1 heterocycles. The molecule has 3 aromatic rings. The zero-order valence-electron chi connectivity index (χ0n) is 17.4. The van der Waals surface area contributed by atoms with E-state index in [1.54, 1.807) is 30.5 Å². The van der Waals surface area contributed by atoms with E-state index < -0.39 is 5.97 Å². The Labute approximate surface area is 181 Å². The highest BCUT2D eigenvalue weighted by atomic mass is 16.6. The third-order valence-electron chi connectivity index (χ3n) is 4.29. The van der Waals surface area contributed by atoms with Gasteiger partial charge in [-0.1, -0.05) is 30.3 Å². The van der Waals surface area contributed by atoms with Crippen molar-refractivity contribution >= 4 is 17.8 Å². The number of ketones is 1. The molecule has 0 fully saturated rings. The second kappa shape index (κ2) is 10.7. The zero-order valence-corrected chi connectivity index (χ0v) is 17.4. The molecular formula is C25H23NO5. The van der Waals surface area contributed by atoms with Gasteiger partial charge in [-0.05, 0) is 53.6 Å². The van der Waals surface area contributed by atoms with Gasteiger partial charge in [0.15, 0.2) is 17.3 Å². The first-order chi connectivity index (χ1) is 15.0. The number of benzene rings is 2. The Balaban J connectivity index is 1.61. The lowest BCUT2D eigenvalue weighted by Crippen LogP contribution is -2.03. The molecule has 0 aliphatic heterocycles. The lowest BCUT2D eigenvalue weighted by molar-refractivity contribution is -0.132. The number of carbonyl (C=O) groups excluding carboxylic acids is 2. The SMILES string of the molecule is COc1ccc(/C=C/C(=O)Cc2cccc(OCc3ccccn3)c2)cc1OC(C)=O. The maximum absolute atomic E-state index is 12.4. The monoisotopic (exact) mass is 417 g/mol. The van der Waals surface area contributed by atoms with Gasteiger partial charge in [0.05, 0.1) is 12.8 Å². The number of pyridine rings is 1. The molecular weight excluding hydrogens is 394 g/mol. The van der Waals surface area contributed by atoms with Crippen molar-refractivity contribution in [2.24, 2.45) is 0 Å². The molecule has 1 aromatic heterocycles. The Morgan fingerprint density at radius 3 is 2.61 bits per heavy atom. The van der Waals surface area contributed by atoms with Crippen molar-refractivity contribution in [2.75, 3.05) is 7.11 Å². The molecule has 0 saturated heterocycles. The van der Waals surface area contributed by atoms with Gasteiger partial charge in [-0.2, -0.15) is 0 Å². The summed E-state index contributed by atoms with van der Waals surface area (Å²) in [5.41, 5.74) is 2.40. The minimum Gasteiger partial charge on any atom is -0.493 e. The Morgan fingerprint density at radius 1 is 1.00 bits per heavy atom. The van der Waals surface area contributed by atoms with Gasteiger partial charge in [-0.3, -0.25) is 14.6 Å². The second-order valence-electron chi connectivity index (χ2n) is 6.74. The number of allylic oxidation sites excluding steroid dienone is 1. The number of nitrogens with zero attached hydrogens (tertiary/aromatic N) is 1. The molecule has 31 heavy (non-hydrogen) atoms. The van der Waals surface area contributed by atoms with Crippen LogP contribution in [0.2, 0.25) is 0 Å². The van der Waals surface area contributed by atoms with Crippen molar-refractivity contribution in [3.63, 3.8) is 0 Å². The van der Waals surface area contributed by atoms with Crippen LogP contribution in [0.1, 0.15) is 23.7 Å². The van der Waals surface area contributed by atoms with E-state index in [2.05, 4.69) is 4.98 Å². The van der Waals surface area contributed by atoms with E-state index in [-0.39, 0.29) is 12.2 Å². The lowest BCUT2D eigenvalue weighted by Gasteiger charge is -2.08. The van der Waals surface area contributed by atoms with E-state index in [4.69, 9.17) is 14.2 Å². The van der Waals surface area contributed by atoms with Crippen molar-refractivity contribution in [1.82, 2.24) is 4.98 Å². The largest absolute Gasteiger partial charge is 0.493 e. The van der Waals surface area contributed by atoms with Crippen molar-refractivity contribution in [3.05, 3.63) is 89.8 Å². The summed E-state index contributed by atoms with van der Waals surface area (Å²) in [6.45, 7) is 1.68. The molecule has 0 bridgehead atoms. The first-order valence-corrected chi connectivity index (χ1v) is 9.72. The highest BCUT2D eigenvalue weighted by molar-refractivity contribution is 5.95. The number of aromatic nitrogens is 1. The maximum atomic E-state index is 12.4. The van der Waals surface area contributed by atoms with E-state index in [9.17, 15) is 9.59 Å². The summed E-state index contributed by atoms with van der Waals surface area (Å²) in [6, 6.07) is 18.2. The van der Waals surface area contributed by atoms with Crippen LogP contribution in [0.25, 0.3) is 6.08 Å². The zero-order chi connectivity index (χ0) is 22.1. The molecule has 6 heteroatoms. The average Bonchev–Trinajstić information content (AvgIpc) is 2.77. The van der Waals surface area contributed by atoms with Gasteiger partial charge in [-0.15, -0.1) is 0 Å². The van der Waals surface area contributed by atoms with Gasteiger partial charge < -0.3 is 14.2 Å². The van der Waals surface area contributed by atoms with Gasteiger partial charge in [0.2, 0.25) is 0 Å². The van der Waals surface area contributed by atoms with Crippen LogP contribution in [-0.2, 0) is 22.6 Å². The fourth-order valence-electron chi connectivity index (χ4n) is 2.87. The van der Waals surface area contributed by atoms with Crippen molar-refractivity contribution < 1.29 is 23.8 Å². The Hall–Kier alpha value is -3.93. The minimum atomic E-state index is -0.444. The molecule has 3 rings (SSSR count). The number of esters is 1. The molecule has 2 aromatic carbocycles. The van der Waals surface area contributed by atoms with Crippen LogP contribution in [0, 0.1) is 0 Å². The van der Waals surface area contributed by atoms with Crippen molar-refractivity contribution in [2.45, 2.75) is 20.0 Å². The Morgan fingerprint density at radius 2 is 1.87 bits per heavy atom. The van der Waals surface area contributed by atoms with Crippen LogP contribution in [0.3, 0.4) is 0 Å². The second-order valence-corrected chi connectivity index (χ2v) is 6.74. The van der Waals surface area contributed by atoms with Crippen LogP contribution in [0.5, 0.6) is 17.2 Å². The lowest BCUT2D eigenvalue weighted by atomic mass is 10.1. The number of methoxy groups -OCH3 is 1. The van der Waals surface area contributed by atoms with Gasteiger partial charge in [0, 0.05) is 19.5 Å². The summed E-state index contributed by atoms with van der Waals surface area (Å²) in [5.74, 6) is 0.928. The van der Waals surface area contributed by atoms with E-state index in [1.165, 1.54) is 20.1 Å². The molecule has 0 amide bonds. The molecule has 0 saturated carbocycles. The number of hydrogen-bond donors (Lipinski definition) is 0. The standard InChI is InChI=1S/C25H23NO5/c1-18(27)31-25-16-19(10-12-24(25)29-2)9-11-22(28)14-20-6-5-8-23(15-20)30-17-21-7-3-4-13-26-21/h3-13,15-16H,14,17H2,1-2H3/b11-9+. The Kier molecular flexibility index (Phi) is 7.54. The average molecular weight is 417 g/mol. The van der Waals surface area contributed by atoms with E-state index in [1.807, 2.05) is 42.5 Å². The van der Waals surface area contributed by atoms with Gasteiger partial charge >= 0.3 is 5.97 Å². The van der Waals surface area contributed by atoms with Gasteiger partial charge in [0.25, 0.3) is 0 Å². The minimum absolute atomic E-state index is 0.0632. The van der Waals surface area contributed by atoms with Crippen LogP contribution in [0.4, 0.5) is 0 Å². The third-order valence-corrected chi connectivity index (χ3v) is 4.29. The van der Waals surface area contributed by atoms with Crippen LogP contribution >= 0.6 is 0 Å². The third kappa shape index (κ3) is 6.82. The van der Waals surface area contributed by atoms with E-state index in [0.717, 1.165) is 16.8 Å². The maximum Gasteiger partial charge on any atom is 0.308 e. The smallest absolute Gasteiger partial charge is 0.308 e. The highest BCUT2D eigenvalue weighted by Gasteiger charge is 2.08. The normalized spacial score (nSPS) is 10.6. The Bertz CT molecular complexity index is 1080. The van der Waals surface area contributed by atoms with Crippen molar-refractivity contribution in [3.8, 4) is 17.2 Å². The summed E-state index contributed by atoms with van der Waals surface area (Å²) < 4.78 is 16.1. The predicted octanol–water partition coefficient (Wildman–Crippen LogP) is 4.42. The summed E-state index contributed by atoms with van der Waals surface area (Å²) in [4.78, 5) is 27.9. The van der Waals surface area contributed by atoms with E-state index in [0.29, 0.717) is 23.9 Å². The molecule has 0 N–H and O–H groups in total. The molecule has 0 aliphatic rings. The van der Waals surface area contributed by atoms with Crippen LogP contribution < -0.4 is 14.2 Å². The molecule has 0 unspecified atom stereocenters. The van der Waals surface area contributed by atoms with Gasteiger partial charge in [0.1, 0.15) is 12.4 Å². The summed E-state index contributed by atoms with van der Waals surface area (Å²) >= 11 is 0. The highest BCUT2D eigenvalue weighted by Crippen LogP contribution is 2.28. The number of rotatable bonds is 9. The van der Waals surface area contributed by atoms with Crippen LogP contribution in [0.15, 0.2) is 72.9 Å². The topological polar surface area (TPSA) is 74.7 Å². The summed E-state index contributed by atoms with van der Waals surface area (Å²) in [6.07, 6.45) is 5.14. The summed E-state index contributed by atoms with van der Waals surface area (Å²) in [7, 11) is 1.50. The molecule has 158 valence electrons. The van der Waals surface area contributed by atoms with Gasteiger partial charge in [-0.25, -0.2) is 0 Å². The first-order valence-electron chi connectivity index (χ1n) is 9.72. The molecule has 6 nitrogen and oxygen atoms in total.